The van der Waals surface area contributed by atoms with Crippen LogP contribution in [0.2, 0.25) is 0 Å². The molecule has 12 heteroatoms. The molecule has 0 aliphatic heterocycles. The fourth-order valence-corrected chi connectivity index (χ4v) is 5.71. The molecule has 0 saturated heterocycles. The third-order valence-electron chi connectivity index (χ3n) is 7.21. The fraction of sp³-hybridized carbons (Fsp3) is 0.435. The number of aliphatic hydroxyl groups excluding tert-OH is 2. The number of anilines is 2. The summed E-state index contributed by atoms with van der Waals surface area (Å²) in [5, 5.41) is 44.2. The highest BCUT2D eigenvalue weighted by molar-refractivity contribution is 6.24. The van der Waals surface area contributed by atoms with Gasteiger partial charge >= 0.3 is 0 Å². The average Bonchev–Trinajstić information content (AvgIpc) is 2.72. The first-order valence-electron chi connectivity index (χ1n) is 10.7. The number of nitrogens with zero attached hydrogens (tertiary/aromatic N) is 2. The molecule has 0 heterocycles. The van der Waals surface area contributed by atoms with Crippen LogP contribution in [0.15, 0.2) is 23.0 Å². The number of Topliss-reactive ketones (excluding diaryl/α,β-unsaturated/α-hetero) is 2. The zero-order valence-electron chi connectivity index (χ0n) is 19.7. The number of nitrogens with two attached hydrogens (primary N) is 2. The third kappa shape index (κ3) is 3.37. The number of ketones is 2. The highest BCUT2D eigenvalue weighted by Gasteiger charge is 2.64. The van der Waals surface area contributed by atoms with E-state index in [1.165, 1.54) is 4.90 Å². The van der Waals surface area contributed by atoms with Gasteiger partial charge in [-0.05, 0) is 44.5 Å². The number of fused-ring (bicyclic) bond motifs is 3. The van der Waals surface area contributed by atoms with Crippen LogP contribution in [-0.4, -0.2) is 82.6 Å². The zero-order valence-corrected chi connectivity index (χ0v) is 20.5. The van der Waals surface area contributed by atoms with Gasteiger partial charge in [0.1, 0.15) is 22.8 Å². The summed E-state index contributed by atoms with van der Waals surface area (Å²) in [7, 11) is 6.64. The monoisotopic (exact) mass is 508 g/mol. The lowest BCUT2D eigenvalue weighted by Crippen LogP contribution is -2.65. The van der Waals surface area contributed by atoms with Gasteiger partial charge in [-0.2, -0.15) is 0 Å². The molecule has 3 unspecified atom stereocenters. The van der Waals surface area contributed by atoms with Crippen molar-refractivity contribution in [2.45, 2.75) is 24.5 Å². The maximum Gasteiger partial charge on any atom is 0.255 e. The van der Waals surface area contributed by atoms with E-state index in [1.54, 1.807) is 39.2 Å². The lowest BCUT2D eigenvalue weighted by Gasteiger charge is -2.50. The van der Waals surface area contributed by atoms with Gasteiger partial charge in [0.15, 0.2) is 11.4 Å². The van der Waals surface area contributed by atoms with E-state index in [0.717, 1.165) is 0 Å². The van der Waals surface area contributed by atoms with Crippen LogP contribution in [0.5, 0.6) is 5.75 Å². The molecule has 11 nitrogen and oxygen atoms in total. The number of hydrogen-bond donors (Lipinski definition) is 6. The Balaban J connectivity index is 0.00000342. The van der Waals surface area contributed by atoms with E-state index in [-0.39, 0.29) is 42.1 Å². The molecule has 1 amide bonds. The van der Waals surface area contributed by atoms with Gasteiger partial charge in [-0.3, -0.25) is 19.3 Å². The Bertz CT molecular complexity index is 1220. The van der Waals surface area contributed by atoms with Crippen molar-refractivity contribution >= 4 is 47.0 Å². The van der Waals surface area contributed by atoms with Crippen molar-refractivity contribution in [3.05, 3.63) is 34.1 Å². The second-order valence-corrected chi connectivity index (χ2v) is 9.54. The number of rotatable bonds is 3. The summed E-state index contributed by atoms with van der Waals surface area (Å²) in [5.41, 5.74) is 8.68. The van der Waals surface area contributed by atoms with Crippen LogP contribution in [0, 0.1) is 11.8 Å². The molecule has 4 atom stereocenters. The molecule has 0 aromatic heterocycles. The van der Waals surface area contributed by atoms with Gasteiger partial charge in [0, 0.05) is 31.3 Å². The van der Waals surface area contributed by atoms with Crippen LogP contribution in [0.4, 0.5) is 11.4 Å². The van der Waals surface area contributed by atoms with E-state index in [4.69, 9.17) is 11.5 Å². The highest BCUT2D eigenvalue weighted by atomic mass is 35.5. The number of amides is 1. The Kier molecular flexibility index (Phi) is 6.34. The number of carbonyl (C=O) groups excluding carboxylic acids is 3. The van der Waals surface area contributed by atoms with E-state index in [0.29, 0.717) is 11.3 Å². The Hall–Kier alpha value is -3.28. The van der Waals surface area contributed by atoms with Crippen LogP contribution in [0.1, 0.15) is 17.5 Å². The minimum Gasteiger partial charge on any atom is -0.508 e. The molecule has 1 fully saturated rings. The first-order valence-corrected chi connectivity index (χ1v) is 10.7. The number of hydrogen-bond acceptors (Lipinski definition) is 10. The molecular formula is C23H29ClN4O7. The van der Waals surface area contributed by atoms with Crippen molar-refractivity contribution in [2.24, 2.45) is 17.6 Å². The molecule has 1 aromatic carbocycles. The van der Waals surface area contributed by atoms with Crippen LogP contribution in [-0.2, 0) is 20.8 Å². The maximum absolute atomic E-state index is 13.7. The lowest BCUT2D eigenvalue weighted by molar-refractivity contribution is -0.153. The van der Waals surface area contributed by atoms with Gasteiger partial charge in [0.05, 0.1) is 17.3 Å². The quantitative estimate of drug-likeness (QED) is 0.184. The Morgan fingerprint density at radius 3 is 2.26 bits per heavy atom. The number of primary amides is 1. The van der Waals surface area contributed by atoms with Crippen molar-refractivity contribution in [1.82, 2.24) is 4.90 Å². The molecule has 8 N–H and O–H groups in total. The maximum atomic E-state index is 13.7. The summed E-state index contributed by atoms with van der Waals surface area (Å²) in [4.78, 5) is 42.0. The summed E-state index contributed by atoms with van der Waals surface area (Å²) in [6.07, 6.45) is 0.236. The second-order valence-electron chi connectivity index (χ2n) is 9.54. The van der Waals surface area contributed by atoms with E-state index >= 15 is 0 Å². The summed E-state index contributed by atoms with van der Waals surface area (Å²) in [6.45, 7) is 0. The van der Waals surface area contributed by atoms with Crippen molar-refractivity contribution in [1.29, 1.82) is 0 Å². The molecule has 3 aliphatic rings. The average molecular weight is 509 g/mol. The molecule has 0 spiro atoms. The molecule has 190 valence electrons. The molecule has 0 bridgehead atoms. The summed E-state index contributed by atoms with van der Waals surface area (Å²) in [5.74, 6) is -6.95. The Morgan fingerprint density at radius 2 is 1.74 bits per heavy atom. The first-order chi connectivity index (χ1) is 15.7. The number of aromatic hydroxyl groups is 1. The number of phenols is 1. The number of likely N-dealkylation sites (N-methyl/N-ethyl adjacent to an activating group) is 1. The number of carbonyl (C=O) groups is 3. The van der Waals surface area contributed by atoms with Crippen LogP contribution >= 0.6 is 12.4 Å². The van der Waals surface area contributed by atoms with Crippen LogP contribution in [0.3, 0.4) is 0 Å². The minimum absolute atomic E-state index is 0. The number of aliphatic hydroxyl groups is 3. The Morgan fingerprint density at radius 1 is 1.14 bits per heavy atom. The van der Waals surface area contributed by atoms with Crippen LogP contribution < -0.4 is 16.4 Å². The third-order valence-corrected chi connectivity index (χ3v) is 7.21. The van der Waals surface area contributed by atoms with Crippen molar-refractivity contribution in [2.75, 3.05) is 38.8 Å². The van der Waals surface area contributed by atoms with E-state index in [1.807, 2.05) is 0 Å². The van der Waals surface area contributed by atoms with Crippen molar-refractivity contribution in [3.63, 3.8) is 0 Å². The molecule has 35 heavy (non-hydrogen) atoms. The first kappa shape index (κ1) is 26.3. The standard InChI is InChI=1S/C23H28N4O7.ClH/c1-26(2)12-7-11(24)17(28)14-9(12)5-8-6-10-16(27(3)4)19(30)15(22(25)33)21(32)23(10,34)20(31)13(8)18(14)29;/h7-8,10,16,28-29,32,34H,5-6,24H2,1-4H3,(H2,25,33);1H/t8?,10?,16?,23-;/m0./s1. The van der Waals surface area contributed by atoms with Gasteiger partial charge < -0.3 is 36.8 Å². The van der Waals surface area contributed by atoms with Gasteiger partial charge in [0.25, 0.3) is 5.91 Å². The minimum atomic E-state index is -2.66. The van der Waals surface area contributed by atoms with E-state index in [9.17, 15) is 34.8 Å². The number of nitrogen functional groups attached to an aromatic ring is 1. The topological polar surface area (TPSA) is 191 Å². The Labute approximate surface area is 207 Å². The second kappa shape index (κ2) is 8.43. The normalized spacial score (nSPS) is 27.8. The number of benzene rings is 1. The molecule has 3 aliphatic carbocycles. The summed E-state index contributed by atoms with van der Waals surface area (Å²) >= 11 is 0. The predicted molar refractivity (Wildman–Crippen MR) is 130 cm³/mol. The van der Waals surface area contributed by atoms with Gasteiger partial charge in [-0.1, -0.05) is 0 Å². The number of phenolic OH excluding ortho intramolecular Hbond substituents is 1. The smallest absolute Gasteiger partial charge is 0.255 e. The fourth-order valence-electron chi connectivity index (χ4n) is 5.71. The molecule has 0 radical (unpaired) electrons. The predicted octanol–water partition coefficient (Wildman–Crippen LogP) is 0.0340. The molecule has 1 aromatic rings. The lowest BCUT2D eigenvalue weighted by atomic mass is 9.57. The van der Waals surface area contributed by atoms with E-state index < -0.39 is 63.8 Å². The van der Waals surface area contributed by atoms with Crippen molar-refractivity contribution < 1.29 is 34.8 Å². The molecule has 1 saturated carbocycles. The highest BCUT2D eigenvalue weighted by Crippen LogP contribution is 2.54. The number of halogens is 1. The van der Waals surface area contributed by atoms with Gasteiger partial charge in [-0.15, -0.1) is 12.4 Å². The molecule has 4 rings (SSSR count). The van der Waals surface area contributed by atoms with Crippen molar-refractivity contribution in [3.8, 4) is 5.75 Å². The summed E-state index contributed by atoms with van der Waals surface area (Å²) in [6, 6.07) is 0.444. The largest absolute Gasteiger partial charge is 0.508 e. The SMILES string of the molecule is CN(C)c1cc(N)c(O)c2c1CC1CC3C(N(C)C)C(=O)C(C(N)=O)=C(O)[C@@]3(O)C(=O)C1=C2O.Cl. The van der Waals surface area contributed by atoms with Crippen LogP contribution in [0.25, 0.3) is 5.76 Å². The molecular weight excluding hydrogens is 480 g/mol. The zero-order chi connectivity index (χ0) is 25.4. The van der Waals surface area contributed by atoms with Gasteiger partial charge in [-0.25, -0.2) is 0 Å². The van der Waals surface area contributed by atoms with E-state index in [2.05, 4.69) is 0 Å². The summed E-state index contributed by atoms with van der Waals surface area (Å²) < 4.78 is 0. The van der Waals surface area contributed by atoms with Gasteiger partial charge in [0.2, 0.25) is 5.78 Å².